The van der Waals surface area contributed by atoms with Crippen LogP contribution in [0.25, 0.3) is 0 Å². The molecular weight excluding hydrogens is 352 g/mol. The van der Waals surface area contributed by atoms with Crippen molar-refractivity contribution in [2.75, 3.05) is 7.11 Å². The number of hydrogen-bond donors (Lipinski definition) is 4. The number of halogens is 1. The summed E-state index contributed by atoms with van der Waals surface area (Å²) in [5.41, 5.74) is 0.0671. The van der Waals surface area contributed by atoms with Gasteiger partial charge < -0.3 is 29.9 Å². The minimum Gasteiger partial charge on any atom is -0.508 e. The zero-order valence-electron chi connectivity index (χ0n) is 13.5. The highest BCUT2D eigenvalue weighted by Crippen LogP contribution is 2.37. The first kappa shape index (κ1) is 18.5. The molecule has 8 heteroatoms. The van der Waals surface area contributed by atoms with Crippen molar-refractivity contribution < 1.29 is 34.7 Å². The fraction of sp³-hybridized carbons (Fsp3) is 0.235. The van der Waals surface area contributed by atoms with Gasteiger partial charge in [-0.3, -0.25) is 0 Å². The van der Waals surface area contributed by atoms with Crippen LogP contribution in [0.15, 0.2) is 24.3 Å². The van der Waals surface area contributed by atoms with Crippen LogP contribution in [0.2, 0.25) is 5.02 Å². The number of rotatable bonds is 5. The topological polar surface area (TPSA) is 116 Å². The molecule has 0 radical (unpaired) electrons. The lowest BCUT2D eigenvalue weighted by atomic mass is 10.1. The van der Waals surface area contributed by atoms with Gasteiger partial charge >= 0.3 is 5.97 Å². The second kappa shape index (κ2) is 7.40. The first-order valence-electron chi connectivity index (χ1n) is 7.24. The Hall–Kier alpha value is -2.80. The van der Waals surface area contributed by atoms with E-state index in [0.717, 1.165) is 12.1 Å². The maximum Gasteiger partial charge on any atom is 0.342 e. The number of aromatic hydroxyl groups is 4. The van der Waals surface area contributed by atoms with E-state index in [-0.39, 0.29) is 45.6 Å². The van der Waals surface area contributed by atoms with Crippen molar-refractivity contribution in [2.24, 2.45) is 0 Å². The average molecular weight is 369 g/mol. The van der Waals surface area contributed by atoms with Crippen molar-refractivity contribution in [3.63, 3.8) is 0 Å². The predicted molar refractivity (Wildman–Crippen MR) is 89.7 cm³/mol. The largest absolute Gasteiger partial charge is 0.508 e. The van der Waals surface area contributed by atoms with Gasteiger partial charge in [0, 0.05) is 18.1 Å². The summed E-state index contributed by atoms with van der Waals surface area (Å²) in [5.74, 6) is -1.89. The number of methoxy groups -OCH3 is 1. The second-order valence-electron chi connectivity index (χ2n) is 5.36. The summed E-state index contributed by atoms with van der Waals surface area (Å²) in [6.07, 6.45) is -0.664. The Morgan fingerprint density at radius 1 is 1.08 bits per heavy atom. The maximum absolute atomic E-state index is 12.2. The first-order chi connectivity index (χ1) is 11.7. The molecule has 25 heavy (non-hydrogen) atoms. The molecule has 134 valence electrons. The summed E-state index contributed by atoms with van der Waals surface area (Å²) in [7, 11) is 1.34. The van der Waals surface area contributed by atoms with E-state index >= 15 is 0 Å². The van der Waals surface area contributed by atoms with Crippen LogP contribution < -0.4 is 4.74 Å². The summed E-state index contributed by atoms with van der Waals surface area (Å²) in [4.78, 5) is 12.2. The highest BCUT2D eigenvalue weighted by molar-refractivity contribution is 6.32. The molecule has 0 heterocycles. The normalized spacial score (nSPS) is 11.8. The number of benzene rings is 2. The molecule has 0 spiro atoms. The molecule has 2 aromatic rings. The summed E-state index contributed by atoms with van der Waals surface area (Å²) in [6, 6.07) is 4.61. The Morgan fingerprint density at radius 2 is 1.72 bits per heavy atom. The van der Waals surface area contributed by atoms with Crippen LogP contribution in [0.5, 0.6) is 28.7 Å². The minimum absolute atomic E-state index is 0.0573. The first-order valence-corrected chi connectivity index (χ1v) is 7.62. The van der Waals surface area contributed by atoms with E-state index in [1.165, 1.54) is 19.2 Å². The fourth-order valence-corrected chi connectivity index (χ4v) is 2.48. The number of carbonyl (C=O) groups is 1. The van der Waals surface area contributed by atoms with E-state index in [2.05, 4.69) is 0 Å². The van der Waals surface area contributed by atoms with Crippen LogP contribution in [-0.4, -0.2) is 39.6 Å². The lowest BCUT2D eigenvalue weighted by Gasteiger charge is -2.17. The van der Waals surface area contributed by atoms with Gasteiger partial charge in [-0.05, 0) is 25.1 Å². The third-order valence-electron chi connectivity index (χ3n) is 3.50. The molecule has 0 aliphatic heterocycles. The van der Waals surface area contributed by atoms with Gasteiger partial charge in [-0.25, -0.2) is 4.79 Å². The molecule has 0 aliphatic rings. The summed E-state index contributed by atoms with van der Waals surface area (Å²) >= 11 is 5.73. The SMILES string of the molecule is COc1c(O)ccc(O)c1CC(C)OC(=O)c1cc(Cl)c(O)cc1O. The van der Waals surface area contributed by atoms with Crippen molar-refractivity contribution >= 4 is 17.6 Å². The molecule has 0 amide bonds. The third-order valence-corrected chi connectivity index (χ3v) is 3.81. The van der Waals surface area contributed by atoms with Gasteiger partial charge in [-0.1, -0.05) is 11.6 Å². The molecule has 1 unspecified atom stereocenters. The van der Waals surface area contributed by atoms with E-state index in [9.17, 15) is 25.2 Å². The maximum atomic E-state index is 12.2. The van der Waals surface area contributed by atoms with Crippen LogP contribution in [0.4, 0.5) is 0 Å². The number of carbonyl (C=O) groups excluding carboxylic acids is 1. The highest BCUT2D eigenvalue weighted by Gasteiger charge is 2.21. The van der Waals surface area contributed by atoms with Gasteiger partial charge in [-0.15, -0.1) is 0 Å². The fourth-order valence-electron chi connectivity index (χ4n) is 2.32. The molecule has 0 bridgehead atoms. The van der Waals surface area contributed by atoms with Gasteiger partial charge in [0.25, 0.3) is 0 Å². The molecule has 2 aromatic carbocycles. The number of ether oxygens (including phenoxy) is 2. The predicted octanol–water partition coefficient (Wildman–Crippen LogP) is 2.96. The molecule has 0 aromatic heterocycles. The van der Waals surface area contributed by atoms with Gasteiger partial charge in [0.2, 0.25) is 0 Å². The molecule has 0 fully saturated rings. The number of esters is 1. The van der Waals surface area contributed by atoms with E-state index in [1.807, 2.05) is 0 Å². The van der Waals surface area contributed by atoms with Crippen LogP contribution in [-0.2, 0) is 11.2 Å². The zero-order chi connectivity index (χ0) is 18.7. The van der Waals surface area contributed by atoms with Gasteiger partial charge in [0.15, 0.2) is 11.5 Å². The Morgan fingerprint density at radius 3 is 2.36 bits per heavy atom. The Balaban J connectivity index is 2.19. The van der Waals surface area contributed by atoms with Gasteiger partial charge in [-0.2, -0.15) is 0 Å². The average Bonchev–Trinajstić information content (AvgIpc) is 2.54. The summed E-state index contributed by atoms with van der Waals surface area (Å²) < 4.78 is 10.3. The number of hydrogen-bond acceptors (Lipinski definition) is 7. The Bertz CT molecular complexity index is 804. The van der Waals surface area contributed by atoms with Gasteiger partial charge in [0.05, 0.1) is 12.1 Å². The van der Waals surface area contributed by atoms with Crippen LogP contribution >= 0.6 is 11.6 Å². The van der Waals surface area contributed by atoms with Crippen LogP contribution in [0.3, 0.4) is 0 Å². The Labute approximate surface area is 148 Å². The number of phenolic OH excluding ortho intramolecular Hbond substituents is 4. The third kappa shape index (κ3) is 4.00. The van der Waals surface area contributed by atoms with Crippen molar-refractivity contribution in [3.05, 3.63) is 40.4 Å². The van der Waals surface area contributed by atoms with Crippen LogP contribution in [0.1, 0.15) is 22.8 Å². The lowest BCUT2D eigenvalue weighted by Crippen LogP contribution is -2.18. The molecule has 0 aliphatic carbocycles. The van der Waals surface area contributed by atoms with E-state index in [0.29, 0.717) is 0 Å². The molecular formula is C17H17ClO7. The van der Waals surface area contributed by atoms with Crippen LogP contribution in [0, 0.1) is 0 Å². The molecule has 7 nitrogen and oxygen atoms in total. The smallest absolute Gasteiger partial charge is 0.342 e. The molecule has 0 saturated heterocycles. The molecule has 1 atom stereocenters. The number of phenols is 4. The summed E-state index contributed by atoms with van der Waals surface area (Å²) in [6.45, 7) is 1.57. The van der Waals surface area contributed by atoms with Crippen molar-refractivity contribution in [1.82, 2.24) is 0 Å². The van der Waals surface area contributed by atoms with Crippen molar-refractivity contribution in [2.45, 2.75) is 19.4 Å². The molecule has 4 N–H and O–H groups in total. The molecule has 2 rings (SSSR count). The standard InChI is InChI=1S/C17H17ClO7/c1-8(5-9-12(19)3-4-13(20)16(9)24-2)25-17(23)10-6-11(18)15(22)7-14(10)21/h3-4,6-8,19-22H,5H2,1-2H3. The van der Waals surface area contributed by atoms with E-state index < -0.39 is 17.8 Å². The quantitative estimate of drug-likeness (QED) is 0.473. The van der Waals surface area contributed by atoms with Crippen molar-refractivity contribution in [3.8, 4) is 28.7 Å². The highest BCUT2D eigenvalue weighted by atomic mass is 35.5. The summed E-state index contributed by atoms with van der Waals surface area (Å²) in [5, 5.41) is 38.7. The van der Waals surface area contributed by atoms with E-state index in [4.69, 9.17) is 21.1 Å². The minimum atomic E-state index is -0.856. The van der Waals surface area contributed by atoms with Gasteiger partial charge in [0.1, 0.15) is 28.9 Å². The lowest BCUT2D eigenvalue weighted by molar-refractivity contribution is 0.0337. The zero-order valence-corrected chi connectivity index (χ0v) is 14.2. The monoisotopic (exact) mass is 368 g/mol. The second-order valence-corrected chi connectivity index (χ2v) is 5.76. The van der Waals surface area contributed by atoms with E-state index in [1.54, 1.807) is 6.92 Å². The van der Waals surface area contributed by atoms with Crippen molar-refractivity contribution in [1.29, 1.82) is 0 Å². The Kier molecular flexibility index (Phi) is 5.48. The molecule has 0 saturated carbocycles.